The van der Waals surface area contributed by atoms with Gasteiger partial charge in [0.25, 0.3) is 5.91 Å². The van der Waals surface area contributed by atoms with Crippen LogP contribution in [0, 0.1) is 6.92 Å². The van der Waals surface area contributed by atoms with Gasteiger partial charge in [0.1, 0.15) is 9.88 Å². The first-order valence-electron chi connectivity index (χ1n) is 8.33. The van der Waals surface area contributed by atoms with E-state index in [2.05, 4.69) is 4.98 Å². The number of sulfone groups is 1. The largest absolute Gasteiger partial charge is 0.305 e. The number of hydrogen-bond acceptors (Lipinski definition) is 6. The number of benzene rings is 1. The fraction of sp³-hybridized carbons (Fsp3) is 0.263. The van der Waals surface area contributed by atoms with Gasteiger partial charge < -0.3 is 4.90 Å². The van der Waals surface area contributed by atoms with Crippen molar-refractivity contribution in [1.29, 1.82) is 0 Å². The lowest BCUT2D eigenvalue weighted by Gasteiger charge is -2.26. The van der Waals surface area contributed by atoms with Crippen LogP contribution >= 0.6 is 22.7 Å². The molecule has 0 unspecified atom stereocenters. The Morgan fingerprint density at radius 3 is 2.33 bits per heavy atom. The second-order valence-corrected chi connectivity index (χ2v) is 10.4. The number of nitrogens with zero attached hydrogens (tertiary/aromatic N) is 2. The van der Waals surface area contributed by atoms with Crippen molar-refractivity contribution in [1.82, 2.24) is 4.98 Å². The van der Waals surface area contributed by atoms with Crippen molar-refractivity contribution in [3.8, 4) is 9.88 Å². The number of aryl methyl sites for hydroxylation is 1. The molecule has 0 aliphatic carbocycles. The van der Waals surface area contributed by atoms with E-state index in [0.29, 0.717) is 16.3 Å². The molecule has 5 nitrogen and oxygen atoms in total. The third-order valence-electron chi connectivity index (χ3n) is 4.00. The SMILES string of the molecule is Cc1nc(-c2cccs2)sc1C(=O)N(c1ccc(S(C)(=O)=O)cc1)C(C)C. The highest BCUT2D eigenvalue weighted by Gasteiger charge is 2.25. The number of amides is 1. The van der Waals surface area contributed by atoms with Gasteiger partial charge in [-0.05, 0) is 56.5 Å². The van der Waals surface area contributed by atoms with E-state index in [9.17, 15) is 13.2 Å². The number of carbonyl (C=O) groups excluding carboxylic acids is 1. The Bertz CT molecular complexity index is 1050. The third-order valence-corrected chi connectivity index (χ3v) is 7.31. The summed E-state index contributed by atoms with van der Waals surface area (Å²) in [6.07, 6.45) is 1.17. The maximum atomic E-state index is 13.3. The first kappa shape index (κ1) is 19.7. The van der Waals surface area contributed by atoms with Crippen LogP contribution in [0.2, 0.25) is 0 Å². The molecule has 2 aromatic heterocycles. The van der Waals surface area contributed by atoms with E-state index in [4.69, 9.17) is 0 Å². The van der Waals surface area contributed by atoms with Gasteiger partial charge in [0.15, 0.2) is 9.84 Å². The molecular weight excluding hydrogens is 400 g/mol. The molecule has 1 amide bonds. The van der Waals surface area contributed by atoms with Gasteiger partial charge >= 0.3 is 0 Å². The Balaban J connectivity index is 1.97. The van der Waals surface area contributed by atoms with Gasteiger partial charge in [0.05, 0.1) is 15.5 Å². The van der Waals surface area contributed by atoms with Crippen LogP contribution in [-0.4, -0.2) is 31.6 Å². The molecule has 3 rings (SSSR count). The summed E-state index contributed by atoms with van der Waals surface area (Å²) in [4.78, 5) is 21.4. The fourth-order valence-corrected chi connectivity index (χ4v) is 5.14. The monoisotopic (exact) mass is 420 g/mol. The highest BCUT2D eigenvalue weighted by molar-refractivity contribution is 7.90. The van der Waals surface area contributed by atoms with Gasteiger partial charge in [0, 0.05) is 18.0 Å². The molecule has 0 saturated carbocycles. The second kappa shape index (κ2) is 7.53. The van der Waals surface area contributed by atoms with Crippen molar-refractivity contribution in [2.45, 2.75) is 31.7 Å². The molecule has 0 radical (unpaired) electrons. The lowest BCUT2D eigenvalue weighted by Crippen LogP contribution is -2.37. The van der Waals surface area contributed by atoms with Gasteiger partial charge in [0.2, 0.25) is 0 Å². The zero-order valence-electron chi connectivity index (χ0n) is 15.5. The van der Waals surface area contributed by atoms with Gasteiger partial charge in [-0.15, -0.1) is 22.7 Å². The minimum absolute atomic E-state index is 0.0896. The Labute approximate surface area is 167 Å². The number of aromatic nitrogens is 1. The van der Waals surface area contributed by atoms with E-state index >= 15 is 0 Å². The molecule has 0 fully saturated rings. The van der Waals surface area contributed by atoms with Gasteiger partial charge in [-0.25, -0.2) is 13.4 Å². The lowest BCUT2D eigenvalue weighted by atomic mass is 10.2. The summed E-state index contributed by atoms with van der Waals surface area (Å²) < 4.78 is 23.4. The van der Waals surface area contributed by atoms with Gasteiger partial charge in [-0.2, -0.15) is 0 Å². The minimum atomic E-state index is -3.28. The molecule has 0 bridgehead atoms. The summed E-state index contributed by atoms with van der Waals surface area (Å²) in [6.45, 7) is 5.70. The highest BCUT2D eigenvalue weighted by Crippen LogP contribution is 2.33. The summed E-state index contributed by atoms with van der Waals surface area (Å²) >= 11 is 2.98. The molecule has 142 valence electrons. The van der Waals surface area contributed by atoms with Crippen LogP contribution in [0.15, 0.2) is 46.7 Å². The van der Waals surface area contributed by atoms with Crippen molar-refractivity contribution < 1.29 is 13.2 Å². The van der Waals surface area contributed by atoms with Crippen LogP contribution in [0.1, 0.15) is 29.2 Å². The smallest absolute Gasteiger partial charge is 0.270 e. The van der Waals surface area contributed by atoms with Crippen molar-refractivity contribution in [3.05, 3.63) is 52.3 Å². The topological polar surface area (TPSA) is 67.3 Å². The predicted molar refractivity (Wildman–Crippen MR) is 112 cm³/mol. The maximum absolute atomic E-state index is 13.3. The van der Waals surface area contributed by atoms with Gasteiger partial charge in [-0.3, -0.25) is 4.79 Å². The summed E-state index contributed by atoms with van der Waals surface area (Å²) in [5.74, 6) is -0.130. The molecule has 0 N–H and O–H groups in total. The maximum Gasteiger partial charge on any atom is 0.270 e. The third kappa shape index (κ3) is 4.12. The normalized spacial score (nSPS) is 11.7. The summed E-state index contributed by atoms with van der Waals surface area (Å²) in [7, 11) is -3.28. The quantitative estimate of drug-likeness (QED) is 0.603. The number of thiophene rings is 1. The Kier molecular flexibility index (Phi) is 5.50. The van der Waals surface area contributed by atoms with E-state index in [1.807, 2.05) is 38.3 Å². The molecule has 0 saturated heterocycles. The average molecular weight is 421 g/mol. The van der Waals surface area contributed by atoms with Crippen LogP contribution in [0.3, 0.4) is 0 Å². The first-order chi connectivity index (χ1) is 12.7. The minimum Gasteiger partial charge on any atom is -0.305 e. The number of carbonyl (C=O) groups is 1. The van der Waals surface area contributed by atoms with Crippen LogP contribution in [0.5, 0.6) is 0 Å². The van der Waals surface area contributed by atoms with Crippen LogP contribution in [-0.2, 0) is 9.84 Å². The van der Waals surface area contributed by atoms with E-state index in [0.717, 1.165) is 9.88 Å². The molecular formula is C19H20N2O3S3. The highest BCUT2D eigenvalue weighted by atomic mass is 32.2. The lowest BCUT2D eigenvalue weighted by molar-refractivity contribution is 0.0983. The summed E-state index contributed by atoms with van der Waals surface area (Å²) in [6, 6.07) is 10.3. The fourth-order valence-electron chi connectivity index (χ4n) is 2.71. The van der Waals surface area contributed by atoms with E-state index < -0.39 is 9.84 Å². The zero-order valence-corrected chi connectivity index (χ0v) is 17.9. The number of rotatable bonds is 5. The van der Waals surface area contributed by atoms with Crippen LogP contribution < -0.4 is 4.90 Å². The standard InChI is InChI=1S/C19H20N2O3S3/c1-12(2)21(14-7-9-15(10-8-14)27(4,23)24)19(22)17-13(3)20-18(26-17)16-6-5-11-25-16/h5-12H,1-4H3. The first-order valence-corrected chi connectivity index (χ1v) is 11.9. The molecule has 3 aromatic rings. The van der Waals surface area contributed by atoms with E-state index in [-0.39, 0.29) is 16.8 Å². The molecule has 0 aliphatic rings. The zero-order chi connectivity index (χ0) is 19.8. The number of anilines is 1. The predicted octanol–water partition coefficient (Wildman–Crippen LogP) is 4.64. The summed E-state index contributed by atoms with van der Waals surface area (Å²) in [5.41, 5.74) is 1.36. The van der Waals surface area contributed by atoms with Crippen molar-refractivity contribution in [2.24, 2.45) is 0 Å². The molecule has 0 atom stereocenters. The van der Waals surface area contributed by atoms with Crippen molar-refractivity contribution in [3.63, 3.8) is 0 Å². The van der Waals surface area contributed by atoms with Crippen molar-refractivity contribution in [2.75, 3.05) is 11.2 Å². The van der Waals surface area contributed by atoms with E-state index in [1.165, 1.54) is 29.7 Å². The summed E-state index contributed by atoms with van der Waals surface area (Å²) in [5, 5.41) is 2.82. The molecule has 8 heteroatoms. The molecule has 0 aliphatic heterocycles. The second-order valence-electron chi connectivity index (χ2n) is 6.45. The Hall–Kier alpha value is -2.03. The average Bonchev–Trinajstić information content (AvgIpc) is 3.23. The van der Waals surface area contributed by atoms with E-state index in [1.54, 1.807) is 28.4 Å². The molecule has 27 heavy (non-hydrogen) atoms. The Morgan fingerprint density at radius 1 is 1.15 bits per heavy atom. The molecule has 0 spiro atoms. The number of thiazole rings is 1. The van der Waals surface area contributed by atoms with Gasteiger partial charge in [-0.1, -0.05) is 6.07 Å². The van der Waals surface area contributed by atoms with Crippen molar-refractivity contribution >= 4 is 44.1 Å². The van der Waals surface area contributed by atoms with Crippen LogP contribution in [0.25, 0.3) is 9.88 Å². The van der Waals surface area contributed by atoms with Crippen LogP contribution in [0.4, 0.5) is 5.69 Å². The molecule has 2 heterocycles. The Morgan fingerprint density at radius 2 is 1.81 bits per heavy atom. The molecule has 1 aromatic carbocycles. The number of hydrogen-bond donors (Lipinski definition) is 0.